The molecule has 0 amide bonds. The van der Waals surface area contributed by atoms with E-state index in [4.69, 9.17) is 25.1 Å². The number of halogens is 1. The SMILES string of the molecule is COc1cccc(-c2cccc(C3(c4ccc(F)cc4)COC(N)=N3)c2)c1.O=CO. The van der Waals surface area contributed by atoms with Gasteiger partial charge in [0, 0.05) is 0 Å². The van der Waals surface area contributed by atoms with Gasteiger partial charge in [0.2, 0.25) is 0 Å². The molecule has 1 atom stereocenters. The van der Waals surface area contributed by atoms with E-state index in [0.717, 1.165) is 28.0 Å². The van der Waals surface area contributed by atoms with Crippen molar-refractivity contribution in [3.63, 3.8) is 0 Å². The molecule has 0 saturated heterocycles. The summed E-state index contributed by atoms with van der Waals surface area (Å²) in [6.07, 6.45) is 0. The fourth-order valence-corrected chi connectivity index (χ4v) is 3.38. The lowest BCUT2D eigenvalue weighted by atomic mass is 9.83. The van der Waals surface area contributed by atoms with Crippen LogP contribution >= 0.6 is 0 Å². The molecule has 7 heteroatoms. The molecule has 4 rings (SSSR count). The minimum absolute atomic E-state index is 0.131. The van der Waals surface area contributed by atoms with E-state index in [1.807, 2.05) is 42.5 Å². The molecule has 154 valence electrons. The van der Waals surface area contributed by atoms with Gasteiger partial charge < -0.3 is 20.3 Å². The second kappa shape index (κ2) is 9.09. The second-order valence-corrected chi connectivity index (χ2v) is 6.52. The highest BCUT2D eigenvalue weighted by molar-refractivity contribution is 5.76. The van der Waals surface area contributed by atoms with Crippen molar-refractivity contribution >= 4 is 12.5 Å². The van der Waals surface area contributed by atoms with Gasteiger partial charge >= 0.3 is 0 Å². The van der Waals surface area contributed by atoms with Crippen LogP contribution in [0.25, 0.3) is 11.1 Å². The number of hydrogen-bond donors (Lipinski definition) is 2. The van der Waals surface area contributed by atoms with Gasteiger partial charge in [-0.2, -0.15) is 0 Å². The smallest absolute Gasteiger partial charge is 0.290 e. The Balaban J connectivity index is 0.000000806. The predicted octanol–water partition coefficient (Wildman–Crippen LogP) is 3.79. The summed E-state index contributed by atoms with van der Waals surface area (Å²) in [6.45, 7) is 0.0199. The summed E-state index contributed by atoms with van der Waals surface area (Å²) >= 11 is 0. The van der Waals surface area contributed by atoms with Crippen molar-refractivity contribution in [1.29, 1.82) is 0 Å². The minimum Gasteiger partial charge on any atom is -0.497 e. The van der Waals surface area contributed by atoms with E-state index in [1.165, 1.54) is 12.1 Å². The van der Waals surface area contributed by atoms with Crippen LogP contribution in [-0.2, 0) is 15.1 Å². The van der Waals surface area contributed by atoms with Gasteiger partial charge in [-0.3, -0.25) is 4.79 Å². The molecule has 30 heavy (non-hydrogen) atoms. The lowest BCUT2D eigenvalue weighted by molar-refractivity contribution is -0.122. The van der Waals surface area contributed by atoms with Gasteiger partial charge in [-0.05, 0) is 52.6 Å². The van der Waals surface area contributed by atoms with Crippen LogP contribution in [0.4, 0.5) is 4.39 Å². The highest BCUT2D eigenvalue weighted by Gasteiger charge is 2.40. The maximum Gasteiger partial charge on any atom is 0.290 e. The number of amidine groups is 1. The van der Waals surface area contributed by atoms with E-state index in [9.17, 15) is 4.39 Å². The van der Waals surface area contributed by atoms with Crippen molar-refractivity contribution < 1.29 is 23.8 Å². The van der Waals surface area contributed by atoms with Crippen LogP contribution in [-0.4, -0.2) is 31.3 Å². The lowest BCUT2D eigenvalue weighted by Crippen LogP contribution is -2.27. The molecule has 0 aliphatic carbocycles. The number of nitrogens with two attached hydrogens (primary N) is 1. The van der Waals surface area contributed by atoms with Crippen molar-refractivity contribution in [2.24, 2.45) is 10.7 Å². The van der Waals surface area contributed by atoms with Crippen LogP contribution in [0.15, 0.2) is 77.8 Å². The third kappa shape index (κ3) is 4.25. The zero-order chi connectivity index (χ0) is 21.6. The van der Waals surface area contributed by atoms with Crippen LogP contribution in [0.2, 0.25) is 0 Å². The number of methoxy groups -OCH3 is 1. The summed E-state index contributed by atoms with van der Waals surface area (Å²) < 4.78 is 24.3. The van der Waals surface area contributed by atoms with Gasteiger partial charge in [-0.25, -0.2) is 9.38 Å². The number of rotatable bonds is 4. The summed E-state index contributed by atoms with van der Waals surface area (Å²) in [7, 11) is 1.65. The summed E-state index contributed by atoms with van der Waals surface area (Å²) in [5.41, 5.74) is 8.84. The molecule has 0 spiro atoms. The van der Waals surface area contributed by atoms with Crippen molar-refractivity contribution in [2.45, 2.75) is 5.54 Å². The van der Waals surface area contributed by atoms with E-state index in [2.05, 4.69) is 11.1 Å². The Morgan fingerprint density at radius 1 is 1.07 bits per heavy atom. The first-order valence-corrected chi connectivity index (χ1v) is 9.09. The third-order valence-electron chi connectivity index (χ3n) is 4.79. The average Bonchev–Trinajstić information content (AvgIpc) is 3.18. The Morgan fingerprint density at radius 3 is 2.30 bits per heavy atom. The maximum atomic E-state index is 13.4. The Bertz CT molecular complexity index is 1050. The molecule has 3 aromatic carbocycles. The zero-order valence-corrected chi connectivity index (χ0v) is 16.3. The molecule has 0 aromatic heterocycles. The van der Waals surface area contributed by atoms with Crippen molar-refractivity contribution in [1.82, 2.24) is 0 Å². The summed E-state index contributed by atoms with van der Waals surface area (Å²) in [4.78, 5) is 12.9. The molecule has 0 radical (unpaired) electrons. The van der Waals surface area contributed by atoms with Gasteiger partial charge in [0.25, 0.3) is 12.5 Å². The zero-order valence-electron chi connectivity index (χ0n) is 16.3. The van der Waals surface area contributed by atoms with Crippen LogP contribution in [0.5, 0.6) is 5.75 Å². The van der Waals surface area contributed by atoms with E-state index >= 15 is 0 Å². The molecule has 6 nitrogen and oxygen atoms in total. The van der Waals surface area contributed by atoms with Crippen LogP contribution in [0.3, 0.4) is 0 Å². The molecule has 1 heterocycles. The van der Waals surface area contributed by atoms with Gasteiger partial charge in [0.1, 0.15) is 18.2 Å². The average molecular weight is 408 g/mol. The predicted molar refractivity (Wildman–Crippen MR) is 112 cm³/mol. The first-order chi connectivity index (χ1) is 14.5. The molecular formula is C23H21FN2O4. The van der Waals surface area contributed by atoms with Crippen molar-refractivity contribution in [3.8, 4) is 16.9 Å². The molecule has 3 aromatic rings. The van der Waals surface area contributed by atoms with Gasteiger partial charge in [-0.15, -0.1) is 0 Å². The monoisotopic (exact) mass is 408 g/mol. The summed E-state index contributed by atoms with van der Waals surface area (Å²) in [5, 5.41) is 6.89. The fraction of sp³-hybridized carbons (Fsp3) is 0.130. The number of aliphatic imine (C=N–C) groups is 1. The van der Waals surface area contributed by atoms with E-state index in [1.54, 1.807) is 19.2 Å². The maximum absolute atomic E-state index is 13.4. The summed E-state index contributed by atoms with van der Waals surface area (Å²) in [6, 6.07) is 22.3. The number of ether oxygens (including phenoxy) is 2. The number of carboxylic acid groups (broad SMARTS) is 1. The van der Waals surface area contributed by atoms with Gasteiger partial charge in [-0.1, -0.05) is 42.5 Å². The molecule has 1 aliphatic heterocycles. The number of hydrogen-bond acceptors (Lipinski definition) is 5. The van der Waals surface area contributed by atoms with E-state index in [-0.39, 0.29) is 24.9 Å². The minimum atomic E-state index is -0.799. The third-order valence-corrected chi connectivity index (χ3v) is 4.79. The number of benzene rings is 3. The van der Waals surface area contributed by atoms with Crippen molar-refractivity contribution in [3.05, 3.63) is 89.7 Å². The molecular weight excluding hydrogens is 387 g/mol. The first kappa shape index (κ1) is 20.9. The van der Waals surface area contributed by atoms with E-state index in [0.29, 0.717) is 0 Å². The number of nitrogens with zero attached hydrogens (tertiary/aromatic N) is 1. The molecule has 1 aliphatic rings. The van der Waals surface area contributed by atoms with Crippen LogP contribution in [0, 0.1) is 5.82 Å². The standard InChI is InChI=1S/C22H19FN2O2.CH2O2/c1-26-20-7-3-5-16(13-20)15-4-2-6-18(12-15)22(14-27-21(24)25-22)17-8-10-19(23)11-9-17;2-1-3/h2-13H,14H2,1H3,(H2,24,25);1H,(H,2,3). The molecule has 0 bridgehead atoms. The van der Waals surface area contributed by atoms with Gasteiger partial charge in [0.15, 0.2) is 5.54 Å². The van der Waals surface area contributed by atoms with Crippen LogP contribution < -0.4 is 10.5 Å². The topological polar surface area (TPSA) is 94.1 Å². The van der Waals surface area contributed by atoms with Crippen molar-refractivity contribution in [2.75, 3.05) is 13.7 Å². The largest absolute Gasteiger partial charge is 0.497 e. The summed E-state index contributed by atoms with van der Waals surface area (Å²) in [5.74, 6) is 0.493. The normalized spacial score (nSPS) is 17.2. The Morgan fingerprint density at radius 2 is 1.70 bits per heavy atom. The van der Waals surface area contributed by atoms with E-state index < -0.39 is 5.54 Å². The molecule has 0 saturated carbocycles. The highest BCUT2D eigenvalue weighted by Crippen LogP contribution is 2.39. The first-order valence-electron chi connectivity index (χ1n) is 9.09. The fourth-order valence-electron chi connectivity index (χ4n) is 3.38. The Kier molecular flexibility index (Phi) is 6.32. The molecule has 3 N–H and O–H groups in total. The highest BCUT2D eigenvalue weighted by atomic mass is 19.1. The van der Waals surface area contributed by atoms with Gasteiger partial charge in [0.05, 0.1) is 7.11 Å². The lowest BCUT2D eigenvalue weighted by Gasteiger charge is -2.26. The molecule has 0 fully saturated rings. The second-order valence-electron chi connectivity index (χ2n) is 6.52. The van der Waals surface area contributed by atoms with Crippen LogP contribution in [0.1, 0.15) is 11.1 Å². The Hall–Kier alpha value is -3.87. The Labute approximate surface area is 173 Å². The number of carbonyl (C=O) groups is 1. The molecule has 1 unspecified atom stereocenters. The quantitative estimate of drug-likeness (QED) is 0.641.